The Morgan fingerprint density at radius 3 is 2.51 bits per heavy atom. The van der Waals surface area contributed by atoms with Crippen molar-refractivity contribution < 1.29 is 9.59 Å². The molecule has 1 fully saturated rings. The summed E-state index contributed by atoms with van der Waals surface area (Å²) >= 11 is 3.30. The van der Waals surface area contributed by atoms with E-state index in [-0.39, 0.29) is 29.0 Å². The molecule has 3 aromatic rings. The number of amides is 2. The predicted octanol–water partition coefficient (Wildman–Crippen LogP) is 5.97. The maximum absolute atomic E-state index is 13.8. The molecule has 2 aliphatic heterocycles. The number of carbonyl (C=O) groups excluding carboxylic acids is 2. The van der Waals surface area contributed by atoms with Gasteiger partial charge in [0.1, 0.15) is 12.4 Å². The SMILES string of the molecule is Cc1ccccc1-n1nc(C(C)(C)C)c2c1N(CC(=O)N1CCC(C)CC1)C(=O)CSC2c1ccsc1. The Bertz CT molecular complexity index is 1280. The Morgan fingerprint density at radius 1 is 1.14 bits per heavy atom. The first-order valence-corrected chi connectivity index (χ1v) is 15.1. The maximum Gasteiger partial charge on any atom is 0.242 e. The molecule has 1 aromatic carbocycles. The lowest BCUT2D eigenvalue weighted by Crippen LogP contribution is -2.46. The van der Waals surface area contributed by atoms with Gasteiger partial charge in [0.25, 0.3) is 0 Å². The molecule has 8 heteroatoms. The van der Waals surface area contributed by atoms with Crippen LogP contribution in [0.5, 0.6) is 0 Å². The van der Waals surface area contributed by atoms with E-state index in [4.69, 9.17) is 5.10 Å². The first-order chi connectivity index (χ1) is 17.6. The van der Waals surface area contributed by atoms with Gasteiger partial charge in [-0.15, -0.1) is 11.8 Å². The second kappa shape index (κ2) is 10.3. The van der Waals surface area contributed by atoms with Crippen molar-refractivity contribution in [3.63, 3.8) is 0 Å². The number of likely N-dealkylation sites (tertiary alicyclic amines) is 1. The lowest BCUT2D eigenvalue weighted by molar-refractivity contribution is -0.132. The van der Waals surface area contributed by atoms with Crippen molar-refractivity contribution in [2.24, 2.45) is 5.92 Å². The number of piperidine rings is 1. The monoisotopic (exact) mass is 536 g/mol. The summed E-state index contributed by atoms with van der Waals surface area (Å²) in [5.41, 5.74) is 4.94. The van der Waals surface area contributed by atoms with Gasteiger partial charge in [-0.05, 0) is 59.7 Å². The third kappa shape index (κ3) is 5.10. The van der Waals surface area contributed by atoms with Crippen molar-refractivity contribution in [2.45, 2.75) is 58.1 Å². The van der Waals surface area contributed by atoms with E-state index in [2.05, 4.69) is 57.5 Å². The van der Waals surface area contributed by atoms with Gasteiger partial charge in [0.2, 0.25) is 11.8 Å². The van der Waals surface area contributed by atoms with Gasteiger partial charge in [0.05, 0.1) is 22.4 Å². The van der Waals surface area contributed by atoms with Gasteiger partial charge >= 0.3 is 0 Å². The van der Waals surface area contributed by atoms with Crippen molar-refractivity contribution in [3.8, 4) is 5.69 Å². The zero-order valence-electron chi connectivity index (χ0n) is 22.4. The summed E-state index contributed by atoms with van der Waals surface area (Å²) in [6.07, 6.45) is 2.02. The highest BCUT2D eigenvalue weighted by Crippen LogP contribution is 2.49. The van der Waals surface area contributed by atoms with Crippen LogP contribution in [0.15, 0.2) is 41.1 Å². The molecule has 4 heterocycles. The van der Waals surface area contributed by atoms with Crippen LogP contribution in [0.25, 0.3) is 5.69 Å². The lowest BCUT2D eigenvalue weighted by atomic mass is 9.87. The zero-order chi connectivity index (χ0) is 26.3. The number of hydrogen-bond acceptors (Lipinski definition) is 5. The fourth-order valence-corrected chi connectivity index (χ4v) is 7.18. The number of aromatic nitrogens is 2. The molecule has 0 aliphatic carbocycles. The van der Waals surface area contributed by atoms with E-state index in [0.717, 1.165) is 54.3 Å². The molecular weight excluding hydrogens is 500 g/mol. The van der Waals surface area contributed by atoms with Crippen molar-refractivity contribution in [1.29, 1.82) is 0 Å². The molecule has 6 nitrogen and oxygen atoms in total. The third-order valence-corrected chi connectivity index (χ3v) is 9.38. The van der Waals surface area contributed by atoms with Crippen molar-refractivity contribution in [1.82, 2.24) is 14.7 Å². The van der Waals surface area contributed by atoms with Gasteiger partial charge in [0, 0.05) is 24.1 Å². The highest BCUT2D eigenvalue weighted by atomic mass is 32.2. The largest absolute Gasteiger partial charge is 0.341 e. The molecule has 2 aliphatic rings. The van der Waals surface area contributed by atoms with Gasteiger partial charge in [0.15, 0.2) is 0 Å². The topological polar surface area (TPSA) is 58.4 Å². The Balaban J connectivity index is 1.70. The highest BCUT2D eigenvalue weighted by molar-refractivity contribution is 8.00. The van der Waals surface area contributed by atoms with Crippen LogP contribution in [-0.4, -0.2) is 51.9 Å². The average Bonchev–Trinajstić information content (AvgIpc) is 3.50. The van der Waals surface area contributed by atoms with Crippen LogP contribution >= 0.6 is 23.1 Å². The van der Waals surface area contributed by atoms with Crippen LogP contribution < -0.4 is 4.90 Å². The molecular formula is C29H36N4O2S2. The van der Waals surface area contributed by atoms with Gasteiger partial charge in [-0.2, -0.15) is 16.4 Å². The minimum Gasteiger partial charge on any atom is -0.341 e. The van der Waals surface area contributed by atoms with E-state index >= 15 is 0 Å². The first-order valence-electron chi connectivity index (χ1n) is 13.1. The number of para-hydroxylation sites is 1. The van der Waals surface area contributed by atoms with Gasteiger partial charge in [-0.25, -0.2) is 4.68 Å². The minimum absolute atomic E-state index is 0.0139. The minimum atomic E-state index is -0.251. The van der Waals surface area contributed by atoms with Gasteiger partial charge < -0.3 is 4.90 Å². The summed E-state index contributed by atoms with van der Waals surface area (Å²) in [5.74, 6) is 1.66. The van der Waals surface area contributed by atoms with E-state index in [1.807, 2.05) is 27.8 Å². The molecule has 0 N–H and O–H groups in total. The standard InChI is InChI=1S/C29H36N4O2S2/c1-19-10-13-31(14-11-19)23(34)16-32-24(35)18-37-26(21-12-15-36-17-21)25-27(29(3,4)5)30-33(28(25)32)22-9-7-6-8-20(22)2/h6-9,12,15,17,19,26H,10-11,13-14,16,18H2,1-5H3. The number of anilines is 1. The van der Waals surface area contributed by atoms with Crippen LogP contribution in [0, 0.1) is 12.8 Å². The Kier molecular flexibility index (Phi) is 7.24. The van der Waals surface area contributed by atoms with Crippen molar-refractivity contribution in [2.75, 3.05) is 30.3 Å². The second-order valence-corrected chi connectivity index (χ2v) is 13.2. The van der Waals surface area contributed by atoms with Crippen LogP contribution in [0.2, 0.25) is 0 Å². The molecule has 196 valence electrons. The Hall–Kier alpha value is -2.58. The molecule has 37 heavy (non-hydrogen) atoms. The summed E-state index contributed by atoms with van der Waals surface area (Å²) in [6.45, 7) is 12.4. The first kappa shape index (κ1) is 26.0. The van der Waals surface area contributed by atoms with E-state index in [0.29, 0.717) is 11.7 Å². The Morgan fingerprint density at radius 2 is 1.86 bits per heavy atom. The third-order valence-electron chi connectivity index (χ3n) is 7.42. The number of rotatable bonds is 4. The molecule has 1 saturated heterocycles. The predicted molar refractivity (Wildman–Crippen MR) is 153 cm³/mol. The number of aryl methyl sites for hydroxylation is 1. The molecule has 0 radical (unpaired) electrons. The number of carbonyl (C=O) groups is 2. The average molecular weight is 537 g/mol. The lowest BCUT2D eigenvalue weighted by Gasteiger charge is -2.32. The molecule has 5 rings (SSSR count). The number of thioether (sulfide) groups is 1. The smallest absolute Gasteiger partial charge is 0.242 e. The highest BCUT2D eigenvalue weighted by Gasteiger charge is 2.40. The van der Waals surface area contributed by atoms with Crippen molar-refractivity contribution >= 4 is 40.7 Å². The molecule has 1 atom stereocenters. The van der Waals surface area contributed by atoms with Crippen LogP contribution in [0.3, 0.4) is 0 Å². The summed E-state index contributed by atoms with van der Waals surface area (Å²) in [7, 11) is 0. The fourth-order valence-electron chi connectivity index (χ4n) is 5.22. The number of nitrogens with zero attached hydrogens (tertiary/aromatic N) is 4. The number of thiophene rings is 1. The number of benzene rings is 1. The fraction of sp³-hybridized carbons (Fsp3) is 0.483. The quantitative estimate of drug-likeness (QED) is 0.412. The molecule has 2 aromatic heterocycles. The summed E-state index contributed by atoms with van der Waals surface area (Å²) in [4.78, 5) is 31.0. The van der Waals surface area contributed by atoms with E-state index in [1.165, 1.54) is 5.56 Å². The number of fused-ring (bicyclic) bond motifs is 1. The summed E-state index contributed by atoms with van der Waals surface area (Å²) in [6, 6.07) is 10.3. The van der Waals surface area contributed by atoms with E-state index in [1.54, 1.807) is 28.0 Å². The Labute approximate surface area is 228 Å². The normalized spacial score (nSPS) is 19.2. The van der Waals surface area contributed by atoms with Crippen LogP contribution in [-0.2, 0) is 15.0 Å². The molecule has 2 amide bonds. The molecule has 0 saturated carbocycles. The van der Waals surface area contributed by atoms with Gasteiger partial charge in [-0.1, -0.05) is 45.9 Å². The van der Waals surface area contributed by atoms with Crippen LogP contribution in [0.4, 0.5) is 5.82 Å². The summed E-state index contributed by atoms with van der Waals surface area (Å²) in [5, 5.41) is 9.42. The second-order valence-electron chi connectivity index (χ2n) is 11.3. The maximum atomic E-state index is 13.8. The summed E-state index contributed by atoms with van der Waals surface area (Å²) < 4.78 is 1.93. The molecule has 0 spiro atoms. The molecule has 0 bridgehead atoms. The zero-order valence-corrected chi connectivity index (χ0v) is 24.0. The van der Waals surface area contributed by atoms with Crippen molar-refractivity contribution in [3.05, 3.63) is 63.5 Å². The van der Waals surface area contributed by atoms with E-state index in [9.17, 15) is 9.59 Å². The number of hydrogen-bond donors (Lipinski definition) is 0. The van der Waals surface area contributed by atoms with Crippen LogP contribution in [0.1, 0.15) is 68.2 Å². The van der Waals surface area contributed by atoms with E-state index < -0.39 is 0 Å². The molecule has 1 unspecified atom stereocenters. The van der Waals surface area contributed by atoms with Gasteiger partial charge in [-0.3, -0.25) is 14.5 Å².